The number of rotatable bonds is 4. The minimum atomic E-state index is -0.242. The third kappa shape index (κ3) is 2.95. The van der Waals surface area contributed by atoms with Gasteiger partial charge in [-0.2, -0.15) is 0 Å². The molecule has 0 bridgehead atoms. The summed E-state index contributed by atoms with van der Waals surface area (Å²) in [5.74, 6) is -0.242. The third-order valence-corrected chi connectivity index (χ3v) is 2.42. The number of aromatic nitrogens is 1. The summed E-state index contributed by atoms with van der Waals surface area (Å²) in [7, 11) is 1.81. The molecule has 4 nitrogen and oxygen atoms in total. The number of aryl methyl sites for hydroxylation is 1. The van der Waals surface area contributed by atoms with Crippen molar-refractivity contribution < 1.29 is 9.63 Å². The van der Waals surface area contributed by atoms with Crippen molar-refractivity contribution in [3.63, 3.8) is 0 Å². The number of benzene rings is 1. The molecule has 1 aromatic heterocycles. The van der Waals surface area contributed by atoms with E-state index in [0.717, 1.165) is 5.56 Å². The molecule has 4 heteroatoms. The van der Waals surface area contributed by atoms with Gasteiger partial charge in [-0.1, -0.05) is 30.3 Å². The smallest absolute Gasteiger partial charge is 0.291 e. The molecule has 1 N–H and O–H groups in total. The fraction of sp³-hybridized carbons (Fsp3) is 0.154. The second-order valence-corrected chi connectivity index (χ2v) is 3.71. The van der Waals surface area contributed by atoms with E-state index in [0.29, 0.717) is 12.3 Å². The van der Waals surface area contributed by atoms with Crippen molar-refractivity contribution in [3.05, 3.63) is 59.9 Å². The van der Waals surface area contributed by atoms with E-state index in [2.05, 4.69) is 5.48 Å². The molecule has 0 aliphatic rings. The van der Waals surface area contributed by atoms with E-state index in [4.69, 9.17) is 4.84 Å². The van der Waals surface area contributed by atoms with Crippen LogP contribution in [0.5, 0.6) is 0 Å². The topological polar surface area (TPSA) is 43.3 Å². The molecule has 1 amide bonds. The second-order valence-electron chi connectivity index (χ2n) is 3.71. The molecule has 0 atom stereocenters. The molecule has 1 heterocycles. The van der Waals surface area contributed by atoms with Gasteiger partial charge in [0.15, 0.2) is 0 Å². The first-order valence-electron chi connectivity index (χ1n) is 5.35. The van der Waals surface area contributed by atoms with E-state index >= 15 is 0 Å². The van der Waals surface area contributed by atoms with E-state index in [1.807, 2.05) is 49.6 Å². The molecule has 88 valence electrons. The highest BCUT2D eigenvalue weighted by Crippen LogP contribution is 2.01. The minimum Gasteiger partial charge on any atom is -0.347 e. The van der Waals surface area contributed by atoms with Crippen molar-refractivity contribution in [2.75, 3.05) is 0 Å². The molecule has 0 aliphatic carbocycles. The highest BCUT2D eigenvalue weighted by Gasteiger charge is 2.07. The van der Waals surface area contributed by atoms with Crippen LogP contribution >= 0.6 is 0 Å². The van der Waals surface area contributed by atoms with Gasteiger partial charge in [-0.3, -0.25) is 9.63 Å². The van der Waals surface area contributed by atoms with Crippen molar-refractivity contribution in [2.24, 2.45) is 7.05 Å². The van der Waals surface area contributed by atoms with Crippen molar-refractivity contribution in [1.82, 2.24) is 10.0 Å². The van der Waals surface area contributed by atoms with Gasteiger partial charge in [0.1, 0.15) is 5.69 Å². The summed E-state index contributed by atoms with van der Waals surface area (Å²) in [6, 6.07) is 13.2. The van der Waals surface area contributed by atoms with Crippen LogP contribution in [0, 0.1) is 0 Å². The summed E-state index contributed by atoms with van der Waals surface area (Å²) in [6.45, 7) is 0.358. The summed E-state index contributed by atoms with van der Waals surface area (Å²) < 4.78 is 1.74. The lowest BCUT2D eigenvalue weighted by Crippen LogP contribution is -2.25. The first kappa shape index (κ1) is 11.4. The lowest BCUT2D eigenvalue weighted by molar-refractivity contribution is 0.0227. The lowest BCUT2D eigenvalue weighted by atomic mass is 10.2. The van der Waals surface area contributed by atoms with Gasteiger partial charge in [-0.05, 0) is 17.7 Å². The average molecular weight is 230 g/mol. The van der Waals surface area contributed by atoms with Crippen LogP contribution in [0.15, 0.2) is 48.7 Å². The molecule has 0 saturated carbocycles. The van der Waals surface area contributed by atoms with Gasteiger partial charge in [-0.25, -0.2) is 5.48 Å². The van der Waals surface area contributed by atoms with E-state index in [-0.39, 0.29) is 5.91 Å². The van der Waals surface area contributed by atoms with Crippen LogP contribution in [0.25, 0.3) is 0 Å². The van der Waals surface area contributed by atoms with Gasteiger partial charge in [0.25, 0.3) is 5.91 Å². The molecule has 2 rings (SSSR count). The maximum atomic E-state index is 11.7. The monoisotopic (exact) mass is 230 g/mol. The third-order valence-electron chi connectivity index (χ3n) is 2.42. The first-order chi connectivity index (χ1) is 8.27. The van der Waals surface area contributed by atoms with E-state index in [1.165, 1.54) is 0 Å². The summed E-state index contributed by atoms with van der Waals surface area (Å²) >= 11 is 0. The predicted molar refractivity (Wildman–Crippen MR) is 64.1 cm³/mol. The number of hydroxylamine groups is 1. The number of amides is 1. The Morgan fingerprint density at radius 3 is 2.65 bits per heavy atom. The first-order valence-corrected chi connectivity index (χ1v) is 5.35. The van der Waals surface area contributed by atoms with E-state index < -0.39 is 0 Å². The highest BCUT2D eigenvalue weighted by molar-refractivity contribution is 5.91. The zero-order valence-electron chi connectivity index (χ0n) is 9.59. The van der Waals surface area contributed by atoms with Crippen LogP contribution in [0.2, 0.25) is 0 Å². The molecule has 17 heavy (non-hydrogen) atoms. The Labute approximate surface area is 99.8 Å². The zero-order valence-corrected chi connectivity index (χ0v) is 9.59. The molecule has 0 fully saturated rings. The second kappa shape index (κ2) is 5.32. The quantitative estimate of drug-likeness (QED) is 0.815. The van der Waals surface area contributed by atoms with E-state index in [1.54, 1.807) is 10.6 Å². The Morgan fingerprint density at radius 1 is 1.24 bits per heavy atom. The molecular formula is C13H14N2O2. The summed E-state index contributed by atoms with van der Waals surface area (Å²) in [6.07, 6.45) is 1.81. The molecule has 1 aromatic carbocycles. The molecule has 0 saturated heterocycles. The fourth-order valence-corrected chi connectivity index (χ4v) is 1.51. The van der Waals surface area contributed by atoms with Crippen molar-refractivity contribution >= 4 is 5.91 Å². The van der Waals surface area contributed by atoms with Gasteiger partial charge in [0.05, 0.1) is 6.61 Å². The highest BCUT2D eigenvalue weighted by atomic mass is 16.6. The summed E-state index contributed by atoms with van der Waals surface area (Å²) in [4.78, 5) is 16.8. The van der Waals surface area contributed by atoms with Crippen LogP contribution < -0.4 is 5.48 Å². The van der Waals surface area contributed by atoms with Crippen LogP contribution in [0.1, 0.15) is 16.1 Å². The number of hydrogen-bond acceptors (Lipinski definition) is 2. The molecule has 0 unspecified atom stereocenters. The largest absolute Gasteiger partial charge is 0.347 e. The maximum absolute atomic E-state index is 11.7. The van der Waals surface area contributed by atoms with Gasteiger partial charge in [0, 0.05) is 13.2 Å². The van der Waals surface area contributed by atoms with Crippen molar-refractivity contribution in [3.8, 4) is 0 Å². The van der Waals surface area contributed by atoms with Crippen LogP contribution in [0.3, 0.4) is 0 Å². The van der Waals surface area contributed by atoms with Crippen LogP contribution in [-0.2, 0) is 18.5 Å². The predicted octanol–water partition coefficient (Wildman–Crippen LogP) is 1.89. The number of nitrogens with zero attached hydrogens (tertiary/aromatic N) is 1. The molecule has 0 spiro atoms. The van der Waals surface area contributed by atoms with Gasteiger partial charge < -0.3 is 4.57 Å². The number of nitrogens with one attached hydrogen (secondary N) is 1. The average Bonchev–Trinajstić information content (AvgIpc) is 2.77. The fourth-order valence-electron chi connectivity index (χ4n) is 1.51. The Balaban J connectivity index is 1.84. The van der Waals surface area contributed by atoms with Gasteiger partial charge in [0.2, 0.25) is 0 Å². The number of carbonyl (C=O) groups is 1. The zero-order chi connectivity index (χ0) is 12.1. The summed E-state index contributed by atoms with van der Waals surface area (Å²) in [5, 5.41) is 0. The Kier molecular flexibility index (Phi) is 3.57. The lowest BCUT2D eigenvalue weighted by Gasteiger charge is -2.06. The number of hydrogen-bond donors (Lipinski definition) is 1. The molecule has 0 aliphatic heterocycles. The van der Waals surface area contributed by atoms with E-state index in [9.17, 15) is 4.79 Å². The van der Waals surface area contributed by atoms with Gasteiger partial charge in [-0.15, -0.1) is 0 Å². The number of carbonyl (C=O) groups excluding carboxylic acids is 1. The van der Waals surface area contributed by atoms with Crippen LogP contribution in [-0.4, -0.2) is 10.5 Å². The molecule has 0 radical (unpaired) electrons. The van der Waals surface area contributed by atoms with Crippen LogP contribution in [0.4, 0.5) is 0 Å². The Morgan fingerprint density at radius 2 is 2.00 bits per heavy atom. The Hall–Kier alpha value is -2.07. The maximum Gasteiger partial charge on any atom is 0.291 e. The van der Waals surface area contributed by atoms with Crippen molar-refractivity contribution in [1.29, 1.82) is 0 Å². The standard InChI is InChI=1S/C13H14N2O2/c1-15-9-5-8-12(15)13(16)14-17-10-11-6-3-2-4-7-11/h2-9H,10H2,1H3,(H,14,16). The molecule has 2 aromatic rings. The van der Waals surface area contributed by atoms with Crippen molar-refractivity contribution in [2.45, 2.75) is 6.61 Å². The normalized spacial score (nSPS) is 10.2. The Bertz CT molecular complexity index is 491. The SMILES string of the molecule is Cn1cccc1C(=O)NOCc1ccccc1. The molecular weight excluding hydrogens is 216 g/mol. The summed E-state index contributed by atoms with van der Waals surface area (Å²) in [5.41, 5.74) is 4.00. The van der Waals surface area contributed by atoms with Gasteiger partial charge >= 0.3 is 0 Å². The minimum absolute atomic E-state index is 0.242.